The number of benzene rings is 2. The lowest BCUT2D eigenvalue weighted by Gasteiger charge is -2.22. The van der Waals surface area contributed by atoms with Gasteiger partial charge in [-0.3, -0.25) is 4.79 Å². The maximum atomic E-state index is 12.1. The van der Waals surface area contributed by atoms with E-state index in [2.05, 4.69) is 31.6 Å². The highest BCUT2D eigenvalue weighted by atomic mass is 127. The van der Waals surface area contributed by atoms with E-state index < -0.39 is 0 Å². The second-order valence-corrected chi connectivity index (χ2v) is 6.57. The highest BCUT2D eigenvalue weighted by Gasteiger charge is 2.10. The van der Waals surface area contributed by atoms with Gasteiger partial charge in [-0.05, 0) is 42.8 Å². The zero-order valence-electron chi connectivity index (χ0n) is 15.3. The van der Waals surface area contributed by atoms with Crippen molar-refractivity contribution in [1.82, 2.24) is 10.2 Å². The van der Waals surface area contributed by atoms with E-state index in [0.29, 0.717) is 24.7 Å². The zero-order chi connectivity index (χ0) is 18.9. The number of hydrogen-bond donors (Lipinski definition) is 3. The van der Waals surface area contributed by atoms with Crippen molar-refractivity contribution in [3.63, 3.8) is 0 Å². The van der Waals surface area contributed by atoms with Crippen LogP contribution in [0, 0.1) is 0 Å². The summed E-state index contributed by atoms with van der Waals surface area (Å²) in [6.07, 6.45) is 0. The van der Waals surface area contributed by atoms with Gasteiger partial charge in [-0.1, -0.05) is 34.1 Å². The number of amides is 1. The molecule has 0 aliphatic rings. The molecule has 0 aliphatic carbocycles. The van der Waals surface area contributed by atoms with E-state index >= 15 is 0 Å². The van der Waals surface area contributed by atoms with Gasteiger partial charge in [0.05, 0.1) is 0 Å². The molecule has 0 spiro atoms. The van der Waals surface area contributed by atoms with Crippen molar-refractivity contribution in [2.24, 2.45) is 4.99 Å². The Morgan fingerprint density at radius 2 is 1.85 bits per heavy atom. The van der Waals surface area contributed by atoms with Crippen molar-refractivity contribution in [1.29, 1.82) is 0 Å². The first kappa shape index (κ1) is 23.2. The largest absolute Gasteiger partial charge is 0.508 e. The molecule has 3 N–H and O–H groups in total. The molecular formula is C19H24BrIN4O2. The third-order valence-corrected chi connectivity index (χ3v) is 4.36. The summed E-state index contributed by atoms with van der Waals surface area (Å²) in [6, 6.07) is 14.3. The molecule has 2 aromatic rings. The van der Waals surface area contributed by atoms with Gasteiger partial charge in [-0.25, -0.2) is 4.99 Å². The van der Waals surface area contributed by atoms with E-state index in [0.717, 1.165) is 10.0 Å². The molecule has 0 unspecified atom stereocenters. The smallest absolute Gasteiger partial charge is 0.246 e. The van der Waals surface area contributed by atoms with Crippen molar-refractivity contribution < 1.29 is 9.90 Å². The van der Waals surface area contributed by atoms with Gasteiger partial charge in [0.1, 0.15) is 12.3 Å². The number of guanidine groups is 1. The predicted octanol–water partition coefficient (Wildman–Crippen LogP) is 3.81. The van der Waals surface area contributed by atoms with Gasteiger partial charge in [-0.15, -0.1) is 24.0 Å². The van der Waals surface area contributed by atoms with Crippen LogP contribution in [0.2, 0.25) is 0 Å². The van der Waals surface area contributed by atoms with Crippen LogP contribution < -0.4 is 10.6 Å². The summed E-state index contributed by atoms with van der Waals surface area (Å²) < 4.78 is 1.03. The third kappa shape index (κ3) is 7.76. The molecule has 0 saturated carbocycles. The molecule has 0 fully saturated rings. The van der Waals surface area contributed by atoms with Gasteiger partial charge in [0.25, 0.3) is 0 Å². The van der Waals surface area contributed by atoms with Gasteiger partial charge in [-0.2, -0.15) is 0 Å². The molecule has 27 heavy (non-hydrogen) atoms. The second kappa shape index (κ2) is 11.8. The molecule has 6 nitrogen and oxygen atoms in total. The third-order valence-electron chi connectivity index (χ3n) is 3.59. The molecule has 8 heteroatoms. The number of hydrogen-bond acceptors (Lipinski definition) is 3. The molecule has 146 valence electrons. The Balaban J connectivity index is 0.00000364. The molecule has 0 aromatic heterocycles. The number of halogens is 2. The standard InChI is InChI=1S/C19H23BrN4O2.HI/c1-3-21-19(24(2)13-14-6-4-5-7-17(14)20)22-12-18(26)23-15-8-10-16(25)11-9-15;/h4-11,25H,3,12-13H2,1-2H3,(H,21,22)(H,23,26);1H. The van der Waals surface area contributed by atoms with Crippen LogP contribution in [-0.4, -0.2) is 42.0 Å². The Hall–Kier alpha value is -1.81. The molecule has 1 amide bonds. The highest BCUT2D eigenvalue weighted by Crippen LogP contribution is 2.17. The lowest BCUT2D eigenvalue weighted by Crippen LogP contribution is -2.39. The monoisotopic (exact) mass is 546 g/mol. The first-order valence-electron chi connectivity index (χ1n) is 8.31. The van der Waals surface area contributed by atoms with Gasteiger partial charge >= 0.3 is 0 Å². The Labute approximate surface area is 185 Å². The van der Waals surface area contributed by atoms with Crippen LogP contribution in [0.1, 0.15) is 12.5 Å². The van der Waals surface area contributed by atoms with Crippen LogP contribution in [0.15, 0.2) is 58.0 Å². The first-order valence-corrected chi connectivity index (χ1v) is 9.10. The minimum Gasteiger partial charge on any atom is -0.508 e. The van der Waals surface area contributed by atoms with Gasteiger partial charge in [0, 0.05) is 30.3 Å². The predicted molar refractivity (Wildman–Crippen MR) is 124 cm³/mol. The van der Waals surface area contributed by atoms with Crippen LogP contribution >= 0.6 is 39.9 Å². The number of nitrogens with one attached hydrogen (secondary N) is 2. The Bertz CT molecular complexity index is 769. The minimum atomic E-state index is -0.222. The summed E-state index contributed by atoms with van der Waals surface area (Å²) in [4.78, 5) is 18.5. The van der Waals surface area contributed by atoms with Crippen LogP contribution in [-0.2, 0) is 11.3 Å². The quantitative estimate of drug-likeness (QED) is 0.223. The lowest BCUT2D eigenvalue weighted by molar-refractivity contribution is -0.114. The molecule has 0 bridgehead atoms. The van der Waals surface area contributed by atoms with E-state index in [-0.39, 0.29) is 42.2 Å². The number of carbonyl (C=O) groups excluding carboxylic acids is 1. The number of anilines is 1. The number of phenols is 1. The van der Waals surface area contributed by atoms with E-state index in [4.69, 9.17) is 0 Å². The minimum absolute atomic E-state index is 0. The number of phenolic OH excluding ortho intramolecular Hbond substituents is 1. The topological polar surface area (TPSA) is 77.0 Å². The van der Waals surface area contributed by atoms with E-state index in [1.54, 1.807) is 12.1 Å². The molecule has 2 aromatic carbocycles. The summed E-state index contributed by atoms with van der Waals surface area (Å²) in [7, 11) is 1.93. The average Bonchev–Trinajstić information content (AvgIpc) is 2.62. The lowest BCUT2D eigenvalue weighted by atomic mass is 10.2. The van der Waals surface area contributed by atoms with Crippen molar-refractivity contribution in [2.75, 3.05) is 25.5 Å². The fourth-order valence-corrected chi connectivity index (χ4v) is 2.73. The average molecular weight is 547 g/mol. The molecule has 0 heterocycles. The number of nitrogens with zero attached hydrogens (tertiary/aromatic N) is 2. The highest BCUT2D eigenvalue weighted by molar-refractivity contribution is 14.0. The summed E-state index contributed by atoms with van der Waals surface area (Å²) in [5, 5.41) is 15.2. The van der Waals surface area contributed by atoms with Crippen LogP contribution in [0.3, 0.4) is 0 Å². The normalized spacial score (nSPS) is 10.7. The molecule has 2 rings (SSSR count). The van der Waals surface area contributed by atoms with Crippen molar-refractivity contribution in [3.8, 4) is 5.75 Å². The summed E-state index contributed by atoms with van der Waals surface area (Å²) in [6.45, 7) is 3.35. The van der Waals surface area contributed by atoms with E-state index in [9.17, 15) is 9.90 Å². The maximum Gasteiger partial charge on any atom is 0.246 e. The Morgan fingerprint density at radius 3 is 2.48 bits per heavy atom. The molecule has 0 radical (unpaired) electrons. The van der Waals surface area contributed by atoms with Crippen LogP contribution in [0.4, 0.5) is 5.69 Å². The molecular weight excluding hydrogens is 523 g/mol. The second-order valence-electron chi connectivity index (χ2n) is 5.71. The van der Waals surface area contributed by atoms with Gasteiger partial charge in [0.2, 0.25) is 5.91 Å². The molecule has 0 saturated heterocycles. The van der Waals surface area contributed by atoms with E-state index in [1.807, 2.05) is 43.1 Å². The summed E-state index contributed by atoms with van der Waals surface area (Å²) in [5.41, 5.74) is 1.75. The van der Waals surface area contributed by atoms with Crippen molar-refractivity contribution in [3.05, 3.63) is 58.6 Å². The number of rotatable bonds is 6. The SMILES string of the molecule is CCNC(=NCC(=O)Nc1ccc(O)cc1)N(C)Cc1ccccc1Br.I. The van der Waals surface area contributed by atoms with Crippen LogP contribution in [0.5, 0.6) is 5.75 Å². The zero-order valence-corrected chi connectivity index (χ0v) is 19.2. The Kier molecular flexibility index (Phi) is 10.2. The molecule has 0 atom stereocenters. The number of carbonyl (C=O) groups is 1. The van der Waals surface area contributed by atoms with Crippen LogP contribution in [0.25, 0.3) is 0 Å². The fraction of sp³-hybridized carbons (Fsp3) is 0.263. The van der Waals surface area contributed by atoms with Gasteiger partial charge in [0.15, 0.2) is 5.96 Å². The van der Waals surface area contributed by atoms with Crippen molar-refractivity contribution in [2.45, 2.75) is 13.5 Å². The molecule has 0 aliphatic heterocycles. The summed E-state index contributed by atoms with van der Waals surface area (Å²) in [5.74, 6) is 0.591. The van der Waals surface area contributed by atoms with Crippen molar-refractivity contribution >= 4 is 57.5 Å². The van der Waals surface area contributed by atoms with E-state index in [1.165, 1.54) is 12.1 Å². The number of aliphatic imine (C=N–C) groups is 1. The maximum absolute atomic E-state index is 12.1. The number of aromatic hydroxyl groups is 1. The van der Waals surface area contributed by atoms with Gasteiger partial charge < -0.3 is 20.6 Å². The summed E-state index contributed by atoms with van der Waals surface area (Å²) >= 11 is 3.55. The first-order chi connectivity index (χ1) is 12.5. The Morgan fingerprint density at radius 1 is 1.19 bits per heavy atom. The fourth-order valence-electron chi connectivity index (χ4n) is 2.32.